The molecule has 38 heavy (non-hydrogen) atoms. The highest BCUT2D eigenvalue weighted by atomic mass is 32.2. The zero-order valence-corrected chi connectivity index (χ0v) is 22.0. The maximum absolute atomic E-state index is 13.6. The molecular formula is C27H25F3N4O3S. The standard InChI is InChI=1S/C27H25F3N4O3S/c1-5-36-26(35)23-21(13-38-25-18(11-31)20(27(28,29)30)10-15(4)34-25)37-24(33)19(12-32)22(23)17-8-6-16(7-9-17)14(2)3/h6-10,14,22H,5,13,33H2,1-4H3. The molecule has 1 aromatic heterocycles. The van der Waals surface area contributed by atoms with Crippen LogP contribution in [-0.4, -0.2) is 23.3 Å². The molecule has 198 valence electrons. The van der Waals surface area contributed by atoms with Crippen molar-refractivity contribution in [3.05, 3.63) is 81.1 Å². The Hall–Kier alpha value is -3.96. The summed E-state index contributed by atoms with van der Waals surface area (Å²) in [5.74, 6) is -1.85. The van der Waals surface area contributed by atoms with Crippen molar-refractivity contribution in [1.29, 1.82) is 10.5 Å². The lowest BCUT2D eigenvalue weighted by atomic mass is 9.82. The fourth-order valence-electron chi connectivity index (χ4n) is 3.98. The maximum atomic E-state index is 13.6. The van der Waals surface area contributed by atoms with Crippen LogP contribution in [0.5, 0.6) is 0 Å². The molecule has 0 saturated heterocycles. The highest BCUT2D eigenvalue weighted by Gasteiger charge is 2.39. The lowest BCUT2D eigenvalue weighted by molar-refractivity contribution is -0.139. The van der Waals surface area contributed by atoms with E-state index in [0.717, 1.165) is 23.4 Å². The molecule has 0 amide bonds. The number of halogens is 3. The first-order chi connectivity index (χ1) is 17.9. The smallest absolute Gasteiger partial charge is 0.417 e. The fourth-order valence-corrected chi connectivity index (χ4v) is 4.97. The van der Waals surface area contributed by atoms with Gasteiger partial charge in [-0.1, -0.05) is 49.9 Å². The second kappa shape index (κ2) is 11.6. The molecule has 11 heteroatoms. The Morgan fingerprint density at radius 3 is 2.42 bits per heavy atom. The van der Waals surface area contributed by atoms with E-state index in [-0.39, 0.29) is 51.8 Å². The number of allylic oxidation sites excluding steroid dienone is 1. The fraction of sp³-hybridized carbons (Fsp3) is 0.333. The van der Waals surface area contributed by atoms with Crippen molar-refractivity contribution >= 4 is 17.7 Å². The van der Waals surface area contributed by atoms with E-state index in [4.69, 9.17) is 15.2 Å². The van der Waals surface area contributed by atoms with Crippen molar-refractivity contribution in [1.82, 2.24) is 4.98 Å². The molecule has 7 nitrogen and oxygen atoms in total. The monoisotopic (exact) mass is 542 g/mol. The first-order valence-corrected chi connectivity index (χ1v) is 12.6. The van der Waals surface area contributed by atoms with Gasteiger partial charge >= 0.3 is 12.1 Å². The normalized spacial score (nSPS) is 15.7. The van der Waals surface area contributed by atoms with Gasteiger partial charge < -0.3 is 15.2 Å². The zero-order chi connectivity index (χ0) is 28.2. The Bertz CT molecular complexity index is 1380. The van der Waals surface area contributed by atoms with E-state index in [2.05, 4.69) is 4.98 Å². The van der Waals surface area contributed by atoms with E-state index in [9.17, 15) is 28.5 Å². The van der Waals surface area contributed by atoms with Gasteiger partial charge in [0.2, 0.25) is 5.88 Å². The second-order valence-electron chi connectivity index (χ2n) is 8.69. The third-order valence-electron chi connectivity index (χ3n) is 5.80. The number of ether oxygens (including phenoxy) is 2. The van der Waals surface area contributed by atoms with Crippen molar-refractivity contribution in [2.24, 2.45) is 5.73 Å². The van der Waals surface area contributed by atoms with E-state index < -0.39 is 29.2 Å². The average Bonchev–Trinajstić information content (AvgIpc) is 2.86. The van der Waals surface area contributed by atoms with Gasteiger partial charge in [-0.05, 0) is 37.0 Å². The predicted octanol–water partition coefficient (Wildman–Crippen LogP) is 5.82. The Morgan fingerprint density at radius 2 is 1.89 bits per heavy atom. The molecule has 2 N–H and O–H groups in total. The molecule has 1 aliphatic rings. The number of benzene rings is 1. The first-order valence-electron chi connectivity index (χ1n) is 11.6. The number of hydrogen-bond acceptors (Lipinski definition) is 8. The highest BCUT2D eigenvalue weighted by molar-refractivity contribution is 7.99. The molecule has 0 spiro atoms. The molecular weight excluding hydrogens is 517 g/mol. The van der Waals surface area contributed by atoms with Crippen LogP contribution >= 0.6 is 11.8 Å². The van der Waals surface area contributed by atoms with Gasteiger partial charge in [-0.25, -0.2) is 9.78 Å². The van der Waals surface area contributed by atoms with Gasteiger partial charge in [-0.15, -0.1) is 0 Å². The van der Waals surface area contributed by atoms with Crippen molar-refractivity contribution in [3.8, 4) is 12.1 Å². The number of rotatable bonds is 7. The van der Waals surface area contributed by atoms with Gasteiger partial charge in [0.15, 0.2) is 0 Å². The lowest BCUT2D eigenvalue weighted by Crippen LogP contribution is -2.27. The third-order valence-corrected chi connectivity index (χ3v) is 6.78. The Balaban J connectivity index is 2.13. The minimum absolute atomic E-state index is 0.00337. The summed E-state index contributed by atoms with van der Waals surface area (Å²) in [7, 11) is 0. The topological polar surface area (TPSA) is 122 Å². The largest absolute Gasteiger partial charge is 0.463 e. The second-order valence-corrected chi connectivity index (χ2v) is 9.66. The molecule has 1 unspecified atom stereocenters. The molecule has 1 aromatic carbocycles. The summed E-state index contributed by atoms with van der Waals surface area (Å²) in [5.41, 5.74) is 6.05. The number of nitrogens with zero attached hydrogens (tertiary/aromatic N) is 3. The number of nitrogens with two attached hydrogens (primary N) is 1. The van der Waals surface area contributed by atoms with E-state index >= 15 is 0 Å². The lowest BCUT2D eigenvalue weighted by Gasteiger charge is -2.28. The molecule has 0 saturated carbocycles. The third kappa shape index (κ3) is 5.95. The molecule has 0 bridgehead atoms. The van der Waals surface area contributed by atoms with Crippen LogP contribution in [0.2, 0.25) is 0 Å². The highest BCUT2D eigenvalue weighted by Crippen LogP contribution is 2.42. The number of hydrogen-bond donors (Lipinski definition) is 1. The molecule has 2 aromatic rings. The van der Waals surface area contributed by atoms with Crippen LogP contribution in [0.3, 0.4) is 0 Å². The van der Waals surface area contributed by atoms with Crippen LogP contribution < -0.4 is 5.73 Å². The van der Waals surface area contributed by atoms with Gasteiger partial charge in [0.1, 0.15) is 28.5 Å². The summed E-state index contributed by atoms with van der Waals surface area (Å²) in [6.07, 6.45) is -4.76. The maximum Gasteiger partial charge on any atom is 0.417 e. The molecule has 0 aliphatic carbocycles. The van der Waals surface area contributed by atoms with Crippen LogP contribution in [-0.2, 0) is 20.4 Å². The summed E-state index contributed by atoms with van der Waals surface area (Å²) >= 11 is 0.791. The van der Waals surface area contributed by atoms with Gasteiger partial charge in [0.25, 0.3) is 0 Å². The number of esters is 1. The SMILES string of the molecule is CCOC(=O)C1=C(CSc2nc(C)cc(C(F)(F)F)c2C#N)OC(N)=C(C#N)C1c1ccc(C(C)C)cc1. The van der Waals surface area contributed by atoms with Gasteiger partial charge in [0.05, 0.1) is 35.0 Å². The van der Waals surface area contributed by atoms with Crippen molar-refractivity contribution < 1.29 is 27.4 Å². The van der Waals surface area contributed by atoms with Crippen LogP contribution in [0.1, 0.15) is 60.6 Å². The number of aryl methyl sites for hydroxylation is 1. The summed E-state index contributed by atoms with van der Waals surface area (Å²) in [6.45, 7) is 7.10. The number of alkyl halides is 3. The summed E-state index contributed by atoms with van der Waals surface area (Å²) < 4.78 is 51.6. The van der Waals surface area contributed by atoms with Crippen molar-refractivity contribution in [2.45, 2.75) is 50.7 Å². The number of carbonyl (C=O) groups excluding carboxylic acids is 1. The predicted molar refractivity (Wildman–Crippen MR) is 134 cm³/mol. The molecule has 2 heterocycles. The minimum atomic E-state index is -4.76. The molecule has 0 fully saturated rings. The van der Waals surface area contributed by atoms with Crippen LogP contribution in [0.4, 0.5) is 13.2 Å². The summed E-state index contributed by atoms with van der Waals surface area (Å²) in [6, 6.07) is 11.7. The number of aromatic nitrogens is 1. The van der Waals surface area contributed by atoms with Gasteiger partial charge in [-0.2, -0.15) is 23.7 Å². The molecule has 1 atom stereocenters. The minimum Gasteiger partial charge on any atom is -0.463 e. The average molecular weight is 543 g/mol. The zero-order valence-electron chi connectivity index (χ0n) is 21.1. The van der Waals surface area contributed by atoms with E-state index in [1.807, 2.05) is 32.0 Å². The Morgan fingerprint density at radius 1 is 1.24 bits per heavy atom. The number of thioether (sulfide) groups is 1. The quantitative estimate of drug-likeness (QED) is 0.343. The Labute approximate surface area is 222 Å². The summed E-state index contributed by atoms with van der Waals surface area (Å²) in [5, 5.41) is 19.2. The number of carbonyl (C=O) groups is 1. The van der Waals surface area contributed by atoms with Crippen LogP contribution in [0.25, 0.3) is 0 Å². The van der Waals surface area contributed by atoms with Crippen LogP contribution in [0.15, 0.2) is 58.1 Å². The Kier molecular flexibility index (Phi) is 8.74. The van der Waals surface area contributed by atoms with Crippen LogP contribution in [0, 0.1) is 29.6 Å². The van der Waals surface area contributed by atoms with Crippen molar-refractivity contribution in [2.75, 3.05) is 12.4 Å². The van der Waals surface area contributed by atoms with E-state index in [0.29, 0.717) is 5.56 Å². The van der Waals surface area contributed by atoms with E-state index in [1.165, 1.54) is 6.92 Å². The number of pyridine rings is 1. The van der Waals surface area contributed by atoms with Crippen molar-refractivity contribution in [3.63, 3.8) is 0 Å². The van der Waals surface area contributed by atoms with E-state index in [1.54, 1.807) is 25.1 Å². The molecule has 1 aliphatic heterocycles. The molecule has 3 rings (SSSR count). The number of nitriles is 2. The summed E-state index contributed by atoms with van der Waals surface area (Å²) in [4.78, 5) is 17.3. The first kappa shape index (κ1) is 28.6. The van der Waals surface area contributed by atoms with Gasteiger partial charge in [0, 0.05) is 5.69 Å². The molecule has 0 radical (unpaired) electrons. The van der Waals surface area contributed by atoms with Gasteiger partial charge in [-0.3, -0.25) is 0 Å².